The van der Waals surface area contributed by atoms with E-state index in [-0.39, 0.29) is 6.61 Å². The van der Waals surface area contributed by atoms with Gasteiger partial charge in [-0.1, -0.05) is 35.9 Å². The third-order valence-electron chi connectivity index (χ3n) is 4.70. The van der Waals surface area contributed by atoms with Crippen LogP contribution in [0.5, 0.6) is 0 Å². The van der Waals surface area contributed by atoms with Gasteiger partial charge in [-0.05, 0) is 38.0 Å². The van der Waals surface area contributed by atoms with Gasteiger partial charge < -0.3 is 10.5 Å². The zero-order valence-electron chi connectivity index (χ0n) is 17.8. The minimum Gasteiger partial charge on any atom is -0.444 e. The number of aromatic nitrogens is 2. The van der Waals surface area contributed by atoms with Crippen molar-refractivity contribution < 1.29 is 9.53 Å². The number of nitrogens with zero attached hydrogens (tertiary/aromatic N) is 3. The lowest BCUT2D eigenvalue weighted by atomic mass is 10.0. The number of ether oxygens (including phenoxy) is 1. The van der Waals surface area contributed by atoms with E-state index in [1.54, 1.807) is 24.0 Å². The quantitative estimate of drug-likeness (QED) is 0.467. The molecule has 0 saturated carbocycles. The van der Waals surface area contributed by atoms with E-state index in [0.717, 1.165) is 27.9 Å². The molecule has 7 nitrogen and oxygen atoms in total. The first-order chi connectivity index (χ1) is 14.4. The number of carbonyl (C=O) groups is 1. The summed E-state index contributed by atoms with van der Waals surface area (Å²) in [6.07, 6.45) is 1.18. The molecule has 0 fully saturated rings. The molecule has 0 unspecified atom stereocenters. The maximum atomic E-state index is 12.3. The Bertz CT molecular complexity index is 1090. The predicted molar refractivity (Wildman–Crippen MR) is 121 cm³/mol. The molecule has 0 aliphatic carbocycles. The number of anilines is 2. The molecule has 3 N–H and O–H groups in total. The average molecular weight is 406 g/mol. The van der Waals surface area contributed by atoms with Gasteiger partial charge in [0.25, 0.3) is 0 Å². The van der Waals surface area contributed by atoms with Crippen molar-refractivity contribution in [1.82, 2.24) is 9.78 Å². The second kappa shape index (κ2) is 9.26. The Morgan fingerprint density at radius 3 is 2.73 bits per heavy atom. The van der Waals surface area contributed by atoms with Crippen LogP contribution in [0.2, 0.25) is 0 Å². The Labute approximate surface area is 176 Å². The van der Waals surface area contributed by atoms with Crippen LogP contribution in [0.1, 0.15) is 29.2 Å². The van der Waals surface area contributed by atoms with Crippen LogP contribution in [-0.2, 0) is 18.4 Å². The van der Waals surface area contributed by atoms with Crippen LogP contribution in [-0.4, -0.2) is 28.6 Å². The maximum Gasteiger partial charge on any atom is 0.413 e. The Hall–Kier alpha value is -3.61. The van der Waals surface area contributed by atoms with Gasteiger partial charge in [-0.3, -0.25) is 15.0 Å². The number of aliphatic imine (C=N–C) groups is 1. The van der Waals surface area contributed by atoms with Crippen molar-refractivity contribution in [1.29, 1.82) is 0 Å². The smallest absolute Gasteiger partial charge is 0.413 e. The number of hydrogen-bond acceptors (Lipinski definition) is 5. The van der Waals surface area contributed by atoms with Crippen LogP contribution in [0.15, 0.2) is 47.5 Å². The molecule has 30 heavy (non-hydrogen) atoms. The van der Waals surface area contributed by atoms with E-state index in [2.05, 4.69) is 28.4 Å². The first-order valence-electron chi connectivity index (χ1n) is 9.81. The van der Waals surface area contributed by atoms with Crippen LogP contribution in [0.25, 0.3) is 11.3 Å². The van der Waals surface area contributed by atoms with E-state index in [1.165, 1.54) is 5.56 Å². The summed E-state index contributed by atoms with van der Waals surface area (Å²) in [7, 11) is 1.78. The van der Waals surface area contributed by atoms with Crippen molar-refractivity contribution >= 4 is 23.8 Å². The summed E-state index contributed by atoms with van der Waals surface area (Å²) in [5, 5.41) is 7.25. The van der Waals surface area contributed by atoms with Gasteiger partial charge in [0.1, 0.15) is 12.4 Å². The van der Waals surface area contributed by atoms with Crippen LogP contribution in [0.3, 0.4) is 0 Å². The van der Waals surface area contributed by atoms with Gasteiger partial charge in [0.05, 0.1) is 5.69 Å². The first kappa shape index (κ1) is 21.1. The second-order valence-corrected chi connectivity index (χ2v) is 7.15. The summed E-state index contributed by atoms with van der Waals surface area (Å²) in [6.45, 7) is 6.87. The molecular formula is C23H27N5O2. The minimum atomic E-state index is -0.555. The topological polar surface area (TPSA) is 94.5 Å². The highest BCUT2D eigenvalue weighted by Crippen LogP contribution is 2.25. The van der Waals surface area contributed by atoms with Gasteiger partial charge in [0, 0.05) is 42.7 Å². The highest BCUT2D eigenvalue weighted by Gasteiger charge is 2.13. The van der Waals surface area contributed by atoms with Crippen molar-refractivity contribution in [2.45, 2.75) is 27.4 Å². The number of benzene rings is 2. The summed E-state index contributed by atoms with van der Waals surface area (Å²) < 4.78 is 6.96. The molecule has 3 rings (SSSR count). The molecule has 7 heteroatoms. The highest BCUT2D eigenvalue weighted by atomic mass is 16.5. The summed E-state index contributed by atoms with van der Waals surface area (Å²) in [5.41, 5.74) is 12.4. The third kappa shape index (κ3) is 5.05. The fraction of sp³-hybridized carbons (Fsp3) is 0.261. The minimum absolute atomic E-state index is 0.114. The van der Waals surface area contributed by atoms with Gasteiger partial charge in [-0.15, -0.1) is 0 Å². The molecule has 1 aromatic heterocycles. The van der Waals surface area contributed by atoms with E-state index in [1.807, 2.05) is 44.2 Å². The molecule has 0 aliphatic heterocycles. The van der Waals surface area contributed by atoms with Crippen molar-refractivity contribution in [2.75, 3.05) is 17.6 Å². The van der Waals surface area contributed by atoms with E-state index in [0.29, 0.717) is 18.1 Å². The fourth-order valence-corrected chi connectivity index (χ4v) is 3.13. The summed E-state index contributed by atoms with van der Waals surface area (Å²) >= 11 is 0. The molecule has 1 amide bonds. The summed E-state index contributed by atoms with van der Waals surface area (Å²) in [5.74, 6) is 0.556. The lowest BCUT2D eigenvalue weighted by molar-refractivity contribution is 0.155. The molecule has 1 heterocycles. The molecule has 0 radical (unpaired) electrons. The van der Waals surface area contributed by atoms with E-state index >= 15 is 0 Å². The zero-order chi connectivity index (χ0) is 21.7. The molecule has 0 atom stereocenters. The SMILES string of the molecule is CCN=Cc1ccc(COC(=O)Nc2cc(-c3ccc(C)cc3C)nn2C)cc1N. The summed E-state index contributed by atoms with van der Waals surface area (Å²) in [4.78, 5) is 16.4. The molecule has 3 aromatic rings. The van der Waals surface area contributed by atoms with Crippen molar-refractivity contribution in [3.05, 3.63) is 64.7 Å². The van der Waals surface area contributed by atoms with Crippen molar-refractivity contribution in [2.24, 2.45) is 12.0 Å². The van der Waals surface area contributed by atoms with Crippen LogP contribution < -0.4 is 11.1 Å². The number of aryl methyl sites for hydroxylation is 3. The molecule has 0 spiro atoms. The normalized spacial score (nSPS) is 11.1. The number of hydrogen-bond donors (Lipinski definition) is 2. The Morgan fingerprint density at radius 2 is 2.03 bits per heavy atom. The molecule has 156 valence electrons. The van der Waals surface area contributed by atoms with Crippen molar-refractivity contribution in [3.63, 3.8) is 0 Å². The predicted octanol–water partition coefficient (Wildman–Crippen LogP) is 4.47. The van der Waals surface area contributed by atoms with Crippen LogP contribution in [0, 0.1) is 13.8 Å². The Balaban J connectivity index is 1.63. The monoisotopic (exact) mass is 405 g/mol. The van der Waals surface area contributed by atoms with Gasteiger partial charge in [-0.2, -0.15) is 5.10 Å². The zero-order valence-corrected chi connectivity index (χ0v) is 17.8. The summed E-state index contributed by atoms with van der Waals surface area (Å²) in [6, 6.07) is 13.5. The lowest BCUT2D eigenvalue weighted by Crippen LogP contribution is -2.15. The fourth-order valence-electron chi connectivity index (χ4n) is 3.13. The number of nitrogen functional groups attached to an aromatic ring is 1. The second-order valence-electron chi connectivity index (χ2n) is 7.15. The first-order valence-corrected chi connectivity index (χ1v) is 9.81. The molecule has 0 aliphatic rings. The molecule has 0 saturated heterocycles. The van der Waals surface area contributed by atoms with Crippen LogP contribution >= 0.6 is 0 Å². The number of rotatable bonds is 6. The van der Waals surface area contributed by atoms with Gasteiger partial charge >= 0.3 is 6.09 Å². The third-order valence-corrected chi connectivity index (χ3v) is 4.70. The average Bonchev–Trinajstić information content (AvgIpc) is 3.05. The number of nitrogens with one attached hydrogen (secondary N) is 1. The van der Waals surface area contributed by atoms with Crippen molar-refractivity contribution in [3.8, 4) is 11.3 Å². The molecule has 0 bridgehead atoms. The van der Waals surface area contributed by atoms with Gasteiger partial charge in [-0.25, -0.2) is 4.79 Å². The lowest BCUT2D eigenvalue weighted by Gasteiger charge is -2.08. The molecule has 2 aromatic carbocycles. The number of carbonyl (C=O) groups excluding carboxylic acids is 1. The standard InChI is InChI=1S/C23H27N5O2/c1-5-25-13-18-8-7-17(11-20(18)24)14-30-23(29)26-22-12-21(27-28(22)4)19-9-6-15(2)10-16(19)3/h6-13H,5,14,24H2,1-4H3,(H,26,29). The highest BCUT2D eigenvalue weighted by molar-refractivity contribution is 5.87. The van der Waals surface area contributed by atoms with E-state index < -0.39 is 6.09 Å². The molecular weight excluding hydrogens is 378 g/mol. The Morgan fingerprint density at radius 1 is 1.23 bits per heavy atom. The Kier molecular flexibility index (Phi) is 6.51. The number of nitrogens with two attached hydrogens (primary N) is 1. The van der Waals surface area contributed by atoms with Gasteiger partial charge in [0.2, 0.25) is 0 Å². The van der Waals surface area contributed by atoms with Gasteiger partial charge in [0.15, 0.2) is 0 Å². The van der Waals surface area contributed by atoms with Crippen LogP contribution in [0.4, 0.5) is 16.3 Å². The number of amides is 1. The largest absolute Gasteiger partial charge is 0.444 e. The van der Waals surface area contributed by atoms with E-state index in [9.17, 15) is 4.79 Å². The maximum absolute atomic E-state index is 12.3. The van der Waals surface area contributed by atoms with E-state index in [4.69, 9.17) is 10.5 Å².